The fourth-order valence-electron chi connectivity index (χ4n) is 1.94. The zero-order valence-corrected chi connectivity index (χ0v) is 11.2. The number of hydrogen-bond donors (Lipinski definition) is 0. The van der Waals surface area contributed by atoms with Gasteiger partial charge in [-0.2, -0.15) is 0 Å². The summed E-state index contributed by atoms with van der Waals surface area (Å²) < 4.78 is 5.25. The molecule has 19 heavy (non-hydrogen) atoms. The van der Waals surface area contributed by atoms with E-state index in [2.05, 4.69) is 0 Å². The lowest BCUT2D eigenvalue weighted by Gasteiger charge is -2.00. The molecule has 0 unspecified atom stereocenters. The van der Waals surface area contributed by atoms with Crippen molar-refractivity contribution < 1.29 is 9.53 Å². The highest BCUT2D eigenvalue weighted by molar-refractivity contribution is 6.42. The molecule has 0 N–H and O–H groups in total. The maximum absolute atomic E-state index is 11.8. The lowest BCUT2D eigenvalue weighted by Crippen LogP contribution is -1.93. The first kappa shape index (κ1) is 12.3. The van der Waals surface area contributed by atoms with Crippen molar-refractivity contribution in [2.24, 2.45) is 0 Å². The van der Waals surface area contributed by atoms with E-state index in [-0.39, 0.29) is 0 Å². The van der Waals surface area contributed by atoms with Gasteiger partial charge in [-0.1, -0.05) is 53.5 Å². The van der Waals surface area contributed by atoms with Gasteiger partial charge in [0.2, 0.25) is 0 Å². The number of ether oxygens (including phenoxy) is 1. The summed E-state index contributed by atoms with van der Waals surface area (Å²) in [5, 5.41) is 0.746. The molecule has 0 atom stereocenters. The van der Waals surface area contributed by atoms with Crippen LogP contribution in [0.15, 0.2) is 42.5 Å². The van der Waals surface area contributed by atoms with Crippen LogP contribution in [0.1, 0.15) is 21.5 Å². The number of carbonyl (C=O) groups is 1. The van der Waals surface area contributed by atoms with Gasteiger partial charge >= 0.3 is 5.97 Å². The molecule has 2 aromatic carbocycles. The standard InChI is InChI=1S/C15H8Cl2O2/c16-12-7-10-11(8-13(12)17)15(18)19-14(10)6-9-4-2-1-3-5-9/h1-8H. The van der Waals surface area contributed by atoms with E-state index in [1.54, 1.807) is 12.1 Å². The lowest BCUT2D eigenvalue weighted by molar-refractivity contribution is 0.0717. The number of esters is 1. The summed E-state index contributed by atoms with van der Waals surface area (Å²) in [4.78, 5) is 11.8. The average molecular weight is 291 g/mol. The van der Waals surface area contributed by atoms with Crippen LogP contribution in [0.2, 0.25) is 10.0 Å². The van der Waals surface area contributed by atoms with Crippen molar-refractivity contribution in [1.82, 2.24) is 0 Å². The van der Waals surface area contributed by atoms with E-state index in [0.717, 1.165) is 5.56 Å². The molecule has 0 saturated heterocycles. The first-order valence-corrected chi connectivity index (χ1v) is 6.39. The predicted octanol–water partition coefficient (Wildman–Crippen LogP) is 4.66. The molecule has 3 rings (SSSR count). The van der Waals surface area contributed by atoms with E-state index in [1.165, 1.54) is 6.07 Å². The Kier molecular flexibility index (Phi) is 3.05. The second-order valence-corrected chi connectivity index (χ2v) is 4.94. The van der Waals surface area contributed by atoms with Gasteiger partial charge in [-0.05, 0) is 23.8 Å². The maximum Gasteiger partial charge on any atom is 0.344 e. The first-order chi connectivity index (χ1) is 9.15. The first-order valence-electron chi connectivity index (χ1n) is 5.63. The van der Waals surface area contributed by atoms with E-state index in [0.29, 0.717) is 26.9 Å². The molecule has 2 aromatic rings. The van der Waals surface area contributed by atoms with Crippen LogP contribution in [0.3, 0.4) is 0 Å². The SMILES string of the molecule is O=C1OC(=Cc2ccccc2)c2cc(Cl)c(Cl)cc21. The van der Waals surface area contributed by atoms with Gasteiger partial charge in [0, 0.05) is 5.56 Å². The third-order valence-corrected chi connectivity index (χ3v) is 3.57. The molecule has 94 valence electrons. The van der Waals surface area contributed by atoms with Crippen molar-refractivity contribution in [3.63, 3.8) is 0 Å². The summed E-state index contributed by atoms with van der Waals surface area (Å²) in [6.45, 7) is 0. The predicted molar refractivity (Wildman–Crippen MR) is 76.2 cm³/mol. The lowest BCUT2D eigenvalue weighted by atomic mass is 10.1. The monoisotopic (exact) mass is 290 g/mol. The molecule has 0 bridgehead atoms. The topological polar surface area (TPSA) is 26.3 Å². The zero-order chi connectivity index (χ0) is 13.4. The van der Waals surface area contributed by atoms with Gasteiger partial charge in [-0.15, -0.1) is 0 Å². The Balaban J connectivity index is 2.12. The van der Waals surface area contributed by atoms with E-state index < -0.39 is 5.97 Å². The number of cyclic esters (lactones) is 1. The fraction of sp³-hybridized carbons (Fsp3) is 0. The van der Waals surface area contributed by atoms with Crippen LogP contribution in [0.4, 0.5) is 0 Å². The Morgan fingerprint density at radius 2 is 1.58 bits per heavy atom. The number of carbonyl (C=O) groups excluding carboxylic acids is 1. The van der Waals surface area contributed by atoms with E-state index in [1.807, 2.05) is 30.3 Å². The third kappa shape index (κ3) is 2.25. The highest BCUT2D eigenvalue weighted by atomic mass is 35.5. The number of halogens is 2. The number of benzene rings is 2. The molecule has 0 fully saturated rings. The van der Waals surface area contributed by atoms with Crippen LogP contribution in [-0.4, -0.2) is 5.97 Å². The molecule has 1 aliphatic heterocycles. The summed E-state index contributed by atoms with van der Waals surface area (Å²) in [5.74, 6) is 0.0838. The summed E-state index contributed by atoms with van der Waals surface area (Å²) in [6.07, 6.45) is 1.80. The number of rotatable bonds is 1. The number of hydrogen-bond acceptors (Lipinski definition) is 2. The average Bonchev–Trinajstić information content (AvgIpc) is 2.68. The highest BCUT2D eigenvalue weighted by Gasteiger charge is 2.27. The Labute approximate surface area is 120 Å². The Morgan fingerprint density at radius 3 is 2.26 bits per heavy atom. The summed E-state index contributed by atoms with van der Waals surface area (Å²) in [7, 11) is 0. The van der Waals surface area contributed by atoms with E-state index in [4.69, 9.17) is 27.9 Å². The molecule has 0 saturated carbocycles. The molecule has 1 heterocycles. The molecule has 0 aromatic heterocycles. The fourth-order valence-corrected chi connectivity index (χ4v) is 2.26. The minimum atomic E-state index is -0.407. The minimum Gasteiger partial charge on any atom is -0.422 e. The van der Waals surface area contributed by atoms with Crippen molar-refractivity contribution in [2.45, 2.75) is 0 Å². The molecule has 0 amide bonds. The maximum atomic E-state index is 11.8. The second kappa shape index (κ2) is 4.72. The van der Waals surface area contributed by atoms with Gasteiger partial charge < -0.3 is 4.74 Å². The van der Waals surface area contributed by atoms with Crippen molar-refractivity contribution in [1.29, 1.82) is 0 Å². The van der Waals surface area contributed by atoms with E-state index >= 15 is 0 Å². The molecular weight excluding hydrogens is 283 g/mol. The number of fused-ring (bicyclic) bond motifs is 1. The highest BCUT2D eigenvalue weighted by Crippen LogP contribution is 2.36. The van der Waals surface area contributed by atoms with Crippen LogP contribution in [0.5, 0.6) is 0 Å². The Bertz CT molecular complexity index is 691. The van der Waals surface area contributed by atoms with Crippen molar-refractivity contribution >= 4 is 41.0 Å². The smallest absolute Gasteiger partial charge is 0.344 e. The Hall–Kier alpha value is -1.77. The van der Waals surface area contributed by atoms with Crippen molar-refractivity contribution in [2.75, 3.05) is 0 Å². The van der Waals surface area contributed by atoms with Gasteiger partial charge in [-0.25, -0.2) is 4.79 Å². The van der Waals surface area contributed by atoms with Gasteiger partial charge in [0.05, 0.1) is 15.6 Å². The minimum absolute atomic E-state index is 0.346. The molecule has 0 radical (unpaired) electrons. The van der Waals surface area contributed by atoms with Crippen LogP contribution < -0.4 is 0 Å². The van der Waals surface area contributed by atoms with E-state index in [9.17, 15) is 4.79 Å². The quantitative estimate of drug-likeness (QED) is 0.714. The summed E-state index contributed by atoms with van der Waals surface area (Å²) in [6, 6.07) is 12.8. The molecule has 1 aliphatic rings. The van der Waals surface area contributed by atoms with Gasteiger partial charge in [0.1, 0.15) is 5.76 Å². The molecule has 4 heteroatoms. The van der Waals surface area contributed by atoms with Crippen LogP contribution in [-0.2, 0) is 4.74 Å². The Morgan fingerprint density at radius 1 is 0.947 bits per heavy atom. The van der Waals surface area contributed by atoms with Crippen LogP contribution in [0, 0.1) is 0 Å². The molecular formula is C15H8Cl2O2. The molecule has 0 spiro atoms. The molecule has 0 aliphatic carbocycles. The third-order valence-electron chi connectivity index (χ3n) is 2.85. The van der Waals surface area contributed by atoms with Gasteiger partial charge in [0.25, 0.3) is 0 Å². The normalized spacial score (nSPS) is 15.5. The summed E-state index contributed by atoms with van der Waals surface area (Å²) >= 11 is 11.9. The summed E-state index contributed by atoms with van der Waals surface area (Å²) in [5.41, 5.74) is 2.06. The van der Waals surface area contributed by atoms with Crippen LogP contribution >= 0.6 is 23.2 Å². The van der Waals surface area contributed by atoms with Crippen LogP contribution in [0.25, 0.3) is 11.8 Å². The largest absolute Gasteiger partial charge is 0.422 e. The van der Waals surface area contributed by atoms with Gasteiger partial charge in [-0.3, -0.25) is 0 Å². The zero-order valence-electron chi connectivity index (χ0n) is 9.69. The second-order valence-electron chi connectivity index (χ2n) is 4.12. The van der Waals surface area contributed by atoms with Crippen molar-refractivity contribution in [3.05, 3.63) is 69.2 Å². The van der Waals surface area contributed by atoms with Crippen molar-refractivity contribution in [3.8, 4) is 0 Å². The molecule has 2 nitrogen and oxygen atoms in total. The van der Waals surface area contributed by atoms with Gasteiger partial charge in [0.15, 0.2) is 0 Å².